The standard InChI is InChI=1S/C24H24F2N2O5/c1-4-18(24(29)30)33-23-20(26)21(31-3)19(25)22(28-23)32-17-9-13(2)8-16(11-17)15-7-5-6-14(10-15)12-27/h5-11,18H,4,12,27H2,1-3H3,(H,29,30). The molecule has 3 aromatic rings. The van der Waals surface area contributed by atoms with Crippen molar-refractivity contribution >= 4 is 5.97 Å². The third kappa shape index (κ3) is 5.38. The topological polar surface area (TPSA) is 104 Å². The van der Waals surface area contributed by atoms with Crippen molar-refractivity contribution < 1.29 is 32.9 Å². The molecule has 0 bridgehead atoms. The molecule has 0 saturated heterocycles. The van der Waals surface area contributed by atoms with Crippen LogP contribution in [0.15, 0.2) is 42.5 Å². The number of aryl methyl sites for hydroxylation is 1. The van der Waals surface area contributed by atoms with Gasteiger partial charge in [-0.15, -0.1) is 0 Å². The second-order valence-electron chi connectivity index (χ2n) is 7.28. The Labute approximate surface area is 189 Å². The summed E-state index contributed by atoms with van der Waals surface area (Å²) in [5, 5.41) is 9.20. The molecule has 0 spiro atoms. The Kier molecular flexibility index (Phi) is 7.44. The van der Waals surface area contributed by atoms with Crippen molar-refractivity contribution in [1.82, 2.24) is 4.98 Å². The van der Waals surface area contributed by atoms with Crippen LogP contribution in [0.4, 0.5) is 8.78 Å². The van der Waals surface area contributed by atoms with Crippen LogP contribution in [0.1, 0.15) is 24.5 Å². The molecular weight excluding hydrogens is 434 g/mol. The normalized spacial score (nSPS) is 11.7. The first-order valence-electron chi connectivity index (χ1n) is 10.2. The van der Waals surface area contributed by atoms with E-state index in [9.17, 15) is 18.7 Å². The lowest BCUT2D eigenvalue weighted by Gasteiger charge is -2.16. The molecule has 0 amide bonds. The maximum Gasteiger partial charge on any atom is 0.344 e. The monoisotopic (exact) mass is 458 g/mol. The number of carboxylic acid groups (broad SMARTS) is 1. The van der Waals surface area contributed by atoms with Crippen molar-refractivity contribution in [3.05, 3.63) is 65.2 Å². The highest BCUT2D eigenvalue weighted by Gasteiger charge is 2.27. The third-order valence-corrected chi connectivity index (χ3v) is 4.84. The number of nitrogens with zero attached hydrogens (tertiary/aromatic N) is 1. The summed E-state index contributed by atoms with van der Waals surface area (Å²) in [5.41, 5.74) is 9.17. The predicted molar refractivity (Wildman–Crippen MR) is 118 cm³/mol. The van der Waals surface area contributed by atoms with Gasteiger partial charge in [0.2, 0.25) is 17.4 Å². The number of carbonyl (C=O) groups is 1. The maximum absolute atomic E-state index is 14.9. The quantitative estimate of drug-likeness (QED) is 0.473. The van der Waals surface area contributed by atoms with Crippen LogP contribution in [0.2, 0.25) is 0 Å². The summed E-state index contributed by atoms with van der Waals surface area (Å²) in [5.74, 6) is -5.66. The van der Waals surface area contributed by atoms with E-state index >= 15 is 0 Å². The number of rotatable bonds is 9. The van der Waals surface area contributed by atoms with E-state index in [4.69, 9.17) is 19.9 Å². The molecule has 1 atom stereocenters. The number of halogens is 2. The molecule has 0 aliphatic rings. The van der Waals surface area contributed by atoms with Gasteiger partial charge in [0.05, 0.1) is 7.11 Å². The van der Waals surface area contributed by atoms with Crippen molar-refractivity contribution in [2.45, 2.75) is 32.9 Å². The first-order valence-corrected chi connectivity index (χ1v) is 10.2. The second-order valence-corrected chi connectivity index (χ2v) is 7.28. The van der Waals surface area contributed by atoms with E-state index in [0.717, 1.165) is 29.4 Å². The maximum atomic E-state index is 14.9. The van der Waals surface area contributed by atoms with Crippen LogP contribution >= 0.6 is 0 Å². The number of aromatic nitrogens is 1. The van der Waals surface area contributed by atoms with Gasteiger partial charge in [-0.25, -0.2) is 4.79 Å². The molecule has 0 fully saturated rings. The minimum Gasteiger partial charge on any atom is -0.491 e. The summed E-state index contributed by atoms with van der Waals surface area (Å²) in [6.07, 6.45) is -1.34. The van der Waals surface area contributed by atoms with Gasteiger partial charge < -0.3 is 25.1 Å². The summed E-state index contributed by atoms with van der Waals surface area (Å²) >= 11 is 0. The Morgan fingerprint density at radius 2 is 1.85 bits per heavy atom. The summed E-state index contributed by atoms with van der Waals surface area (Å²) in [4.78, 5) is 15.0. The number of pyridine rings is 1. The Balaban J connectivity index is 2.02. The van der Waals surface area contributed by atoms with Crippen molar-refractivity contribution in [3.63, 3.8) is 0 Å². The van der Waals surface area contributed by atoms with Gasteiger partial charge in [0.15, 0.2) is 6.10 Å². The molecule has 1 heterocycles. The van der Waals surface area contributed by atoms with E-state index in [-0.39, 0.29) is 12.2 Å². The second kappa shape index (κ2) is 10.3. The lowest BCUT2D eigenvalue weighted by Crippen LogP contribution is -2.27. The van der Waals surface area contributed by atoms with Gasteiger partial charge in [-0.3, -0.25) is 0 Å². The fourth-order valence-corrected chi connectivity index (χ4v) is 3.21. The molecule has 174 valence electrons. The number of nitrogens with two attached hydrogens (primary N) is 1. The highest BCUT2D eigenvalue weighted by Crippen LogP contribution is 2.37. The van der Waals surface area contributed by atoms with E-state index in [0.29, 0.717) is 6.54 Å². The number of ether oxygens (including phenoxy) is 3. The zero-order valence-corrected chi connectivity index (χ0v) is 18.4. The molecule has 7 nitrogen and oxygen atoms in total. The minimum absolute atomic E-state index is 0.0371. The van der Waals surface area contributed by atoms with E-state index in [1.807, 2.05) is 37.3 Å². The number of methoxy groups -OCH3 is 1. The van der Waals surface area contributed by atoms with Crippen LogP contribution in [0.5, 0.6) is 23.3 Å². The zero-order chi connectivity index (χ0) is 24.1. The average molecular weight is 458 g/mol. The van der Waals surface area contributed by atoms with Crippen LogP contribution in [-0.4, -0.2) is 29.3 Å². The van der Waals surface area contributed by atoms with Crippen LogP contribution in [0.3, 0.4) is 0 Å². The van der Waals surface area contributed by atoms with Crippen LogP contribution < -0.4 is 19.9 Å². The highest BCUT2D eigenvalue weighted by atomic mass is 19.1. The molecule has 2 aromatic carbocycles. The van der Waals surface area contributed by atoms with E-state index in [2.05, 4.69) is 4.98 Å². The van der Waals surface area contributed by atoms with Crippen LogP contribution in [0, 0.1) is 18.6 Å². The van der Waals surface area contributed by atoms with Crippen molar-refractivity contribution in [3.8, 4) is 34.4 Å². The summed E-state index contributed by atoms with van der Waals surface area (Å²) < 4.78 is 45.1. The van der Waals surface area contributed by atoms with Crippen molar-refractivity contribution in [2.24, 2.45) is 5.73 Å². The lowest BCUT2D eigenvalue weighted by molar-refractivity contribution is -0.145. The Bertz CT molecular complexity index is 1170. The van der Waals surface area contributed by atoms with Crippen molar-refractivity contribution in [1.29, 1.82) is 0 Å². The molecule has 1 aromatic heterocycles. The average Bonchev–Trinajstić information content (AvgIpc) is 2.80. The number of hydrogen-bond acceptors (Lipinski definition) is 6. The van der Waals surface area contributed by atoms with Gasteiger partial charge in [-0.1, -0.05) is 31.2 Å². The molecule has 3 N–H and O–H groups in total. The summed E-state index contributed by atoms with van der Waals surface area (Å²) in [6, 6.07) is 12.9. The molecule has 0 aliphatic heterocycles. The smallest absolute Gasteiger partial charge is 0.344 e. The molecule has 0 saturated carbocycles. The SMILES string of the molecule is CCC(Oc1nc(Oc2cc(C)cc(-c3cccc(CN)c3)c2)c(F)c(OC)c1F)C(=O)O. The first kappa shape index (κ1) is 23.9. The third-order valence-electron chi connectivity index (χ3n) is 4.84. The van der Waals surface area contributed by atoms with Gasteiger partial charge in [0, 0.05) is 6.54 Å². The van der Waals surface area contributed by atoms with Gasteiger partial charge in [0.25, 0.3) is 11.8 Å². The summed E-state index contributed by atoms with van der Waals surface area (Å²) in [7, 11) is 1.07. The van der Waals surface area contributed by atoms with Crippen LogP contribution in [-0.2, 0) is 11.3 Å². The Hall–Kier alpha value is -3.72. The molecule has 3 rings (SSSR count). The lowest BCUT2D eigenvalue weighted by atomic mass is 10.0. The first-order chi connectivity index (χ1) is 15.8. The van der Waals surface area contributed by atoms with Gasteiger partial charge in [0.1, 0.15) is 5.75 Å². The molecular formula is C24H24F2N2O5. The van der Waals surface area contributed by atoms with E-state index in [1.54, 1.807) is 19.1 Å². The molecule has 0 radical (unpaired) electrons. The zero-order valence-electron chi connectivity index (χ0n) is 18.4. The number of carboxylic acids is 1. The number of hydrogen-bond donors (Lipinski definition) is 2. The van der Waals surface area contributed by atoms with E-state index in [1.165, 1.54) is 0 Å². The Morgan fingerprint density at radius 1 is 1.12 bits per heavy atom. The number of aliphatic carboxylic acids is 1. The van der Waals surface area contributed by atoms with Gasteiger partial charge in [-0.2, -0.15) is 13.8 Å². The Morgan fingerprint density at radius 3 is 2.48 bits per heavy atom. The number of benzene rings is 2. The van der Waals surface area contributed by atoms with E-state index < -0.39 is 41.2 Å². The van der Waals surface area contributed by atoms with Gasteiger partial charge in [-0.05, 0) is 53.8 Å². The molecule has 0 aliphatic carbocycles. The van der Waals surface area contributed by atoms with Gasteiger partial charge >= 0.3 is 5.97 Å². The molecule has 9 heteroatoms. The largest absolute Gasteiger partial charge is 0.491 e. The summed E-state index contributed by atoms with van der Waals surface area (Å²) in [6.45, 7) is 3.76. The fourth-order valence-electron chi connectivity index (χ4n) is 3.21. The molecule has 1 unspecified atom stereocenters. The highest BCUT2D eigenvalue weighted by molar-refractivity contribution is 5.72. The van der Waals surface area contributed by atoms with Crippen LogP contribution in [0.25, 0.3) is 11.1 Å². The minimum atomic E-state index is -1.38. The van der Waals surface area contributed by atoms with Crippen molar-refractivity contribution in [2.75, 3.05) is 7.11 Å². The molecule has 33 heavy (non-hydrogen) atoms. The fraction of sp³-hybridized carbons (Fsp3) is 0.250. The predicted octanol–water partition coefficient (Wildman–Crippen LogP) is 4.84.